The number of anilines is 1. The number of hydrogen-bond donors (Lipinski definition) is 2. The molecule has 2 aromatic carbocycles. The molecule has 0 saturated carbocycles. The lowest BCUT2D eigenvalue weighted by Crippen LogP contribution is -2.33. The minimum atomic E-state index is -0.557. The van der Waals surface area contributed by atoms with E-state index in [1.165, 1.54) is 17.9 Å². The summed E-state index contributed by atoms with van der Waals surface area (Å²) in [6.07, 6.45) is 0.788. The van der Waals surface area contributed by atoms with Gasteiger partial charge in [0.1, 0.15) is 16.5 Å². The third kappa shape index (κ3) is 5.98. The number of ether oxygens (including phenoxy) is 1. The molecule has 1 aromatic heterocycles. The minimum absolute atomic E-state index is 0.200. The summed E-state index contributed by atoms with van der Waals surface area (Å²) in [5.74, 6) is -0.627. The number of cyclic esters (lactones) is 1. The van der Waals surface area contributed by atoms with Crippen molar-refractivity contribution in [2.75, 3.05) is 18.0 Å². The van der Waals surface area contributed by atoms with Crippen LogP contribution in [0.2, 0.25) is 0 Å². The zero-order valence-electron chi connectivity index (χ0n) is 18.6. The van der Waals surface area contributed by atoms with Crippen molar-refractivity contribution in [1.29, 1.82) is 0 Å². The smallest absolute Gasteiger partial charge is 0.414 e. The first-order valence-corrected chi connectivity index (χ1v) is 11.6. The van der Waals surface area contributed by atoms with Crippen LogP contribution in [0, 0.1) is 5.82 Å². The number of aromatic nitrogens is 1. The zero-order chi connectivity index (χ0) is 24.1. The average molecular weight is 527 g/mol. The first-order valence-electron chi connectivity index (χ1n) is 10.8. The maximum absolute atomic E-state index is 14.9. The standard InChI is InChI=1S/C25H24BrFN4O3/c1-16(32)29-14-21-15-31(25(33)34-21)20-7-8-22(23(27)10-20)19-5-2-17(3-6-19)11-28-12-18-4-9-24(26)30-13-18/h2-10,13,21,28H,11-12,14-15H2,1H3,(H,29,32)/t21-/m0/s1. The van der Waals surface area contributed by atoms with E-state index in [2.05, 4.69) is 31.5 Å². The second-order valence-corrected chi connectivity index (χ2v) is 8.82. The Hall–Kier alpha value is -3.30. The molecule has 1 fully saturated rings. The van der Waals surface area contributed by atoms with Crippen molar-refractivity contribution in [3.63, 3.8) is 0 Å². The Balaban J connectivity index is 1.36. The Morgan fingerprint density at radius 3 is 2.56 bits per heavy atom. The predicted molar refractivity (Wildman–Crippen MR) is 131 cm³/mol. The number of pyridine rings is 1. The summed E-state index contributed by atoms with van der Waals surface area (Å²) in [4.78, 5) is 28.8. The van der Waals surface area contributed by atoms with E-state index < -0.39 is 18.0 Å². The number of hydrogen-bond acceptors (Lipinski definition) is 5. The highest BCUT2D eigenvalue weighted by atomic mass is 79.9. The van der Waals surface area contributed by atoms with E-state index in [0.29, 0.717) is 24.3 Å². The lowest BCUT2D eigenvalue weighted by Gasteiger charge is -2.15. The van der Waals surface area contributed by atoms with Crippen molar-refractivity contribution in [3.05, 3.63) is 82.3 Å². The van der Waals surface area contributed by atoms with Crippen LogP contribution in [0.1, 0.15) is 18.1 Å². The molecule has 0 bridgehead atoms. The maximum Gasteiger partial charge on any atom is 0.414 e. The molecular formula is C25H24BrFN4O3. The van der Waals surface area contributed by atoms with Gasteiger partial charge in [-0.3, -0.25) is 9.69 Å². The van der Waals surface area contributed by atoms with E-state index in [9.17, 15) is 14.0 Å². The van der Waals surface area contributed by atoms with E-state index in [1.54, 1.807) is 12.1 Å². The van der Waals surface area contributed by atoms with Crippen molar-refractivity contribution in [2.45, 2.75) is 26.1 Å². The van der Waals surface area contributed by atoms with Gasteiger partial charge in [0.2, 0.25) is 5.91 Å². The largest absolute Gasteiger partial charge is 0.442 e. The van der Waals surface area contributed by atoms with Crippen LogP contribution in [0.3, 0.4) is 0 Å². The van der Waals surface area contributed by atoms with Crippen LogP contribution in [0.4, 0.5) is 14.9 Å². The van der Waals surface area contributed by atoms with Crippen LogP contribution in [0.25, 0.3) is 11.1 Å². The van der Waals surface area contributed by atoms with Crippen LogP contribution < -0.4 is 15.5 Å². The fraction of sp³-hybridized carbons (Fsp3) is 0.240. The number of carbonyl (C=O) groups excluding carboxylic acids is 2. The van der Waals surface area contributed by atoms with Crippen LogP contribution >= 0.6 is 15.9 Å². The molecule has 0 aliphatic carbocycles. The van der Waals surface area contributed by atoms with Gasteiger partial charge in [0.15, 0.2) is 0 Å². The monoisotopic (exact) mass is 526 g/mol. The molecule has 34 heavy (non-hydrogen) atoms. The third-order valence-corrected chi connectivity index (χ3v) is 5.90. The van der Waals surface area contributed by atoms with Gasteiger partial charge < -0.3 is 15.4 Å². The van der Waals surface area contributed by atoms with Gasteiger partial charge in [-0.1, -0.05) is 30.3 Å². The van der Waals surface area contributed by atoms with E-state index in [1.807, 2.05) is 42.6 Å². The molecule has 1 aliphatic rings. The summed E-state index contributed by atoms with van der Waals surface area (Å²) in [6, 6.07) is 16.3. The van der Waals surface area contributed by atoms with Gasteiger partial charge in [-0.05, 0) is 56.9 Å². The number of carbonyl (C=O) groups is 2. The van der Waals surface area contributed by atoms with Crippen LogP contribution in [-0.4, -0.2) is 36.2 Å². The van der Waals surface area contributed by atoms with Crippen molar-refractivity contribution in [1.82, 2.24) is 15.6 Å². The Bertz CT molecular complexity index is 1170. The maximum atomic E-state index is 14.9. The number of nitrogens with one attached hydrogen (secondary N) is 2. The predicted octanol–water partition coefficient (Wildman–Crippen LogP) is 4.40. The molecule has 0 radical (unpaired) electrons. The van der Waals surface area contributed by atoms with Gasteiger partial charge in [0, 0.05) is 31.8 Å². The second-order valence-electron chi connectivity index (χ2n) is 8.01. The first-order chi connectivity index (χ1) is 16.4. The van der Waals surface area contributed by atoms with Gasteiger partial charge in [-0.15, -0.1) is 0 Å². The first kappa shape index (κ1) is 23.8. The average Bonchev–Trinajstić information content (AvgIpc) is 3.20. The molecule has 2 amide bonds. The highest BCUT2D eigenvalue weighted by Gasteiger charge is 2.32. The van der Waals surface area contributed by atoms with Gasteiger partial charge in [-0.2, -0.15) is 0 Å². The van der Waals surface area contributed by atoms with E-state index in [4.69, 9.17) is 4.74 Å². The Morgan fingerprint density at radius 1 is 1.15 bits per heavy atom. The zero-order valence-corrected chi connectivity index (χ0v) is 20.1. The lowest BCUT2D eigenvalue weighted by molar-refractivity contribution is -0.119. The summed E-state index contributed by atoms with van der Waals surface area (Å²) >= 11 is 3.32. The Labute approximate surface area is 205 Å². The molecular weight excluding hydrogens is 503 g/mol. The number of benzene rings is 2. The molecule has 7 nitrogen and oxygen atoms in total. The molecule has 1 atom stereocenters. The Kier molecular flexibility index (Phi) is 7.54. The molecule has 2 N–H and O–H groups in total. The van der Waals surface area contributed by atoms with Crippen molar-refractivity contribution in [3.8, 4) is 11.1 Å². The third-order valence-electron chi connectivity index (χ3n) is 5.43. The molecule has 4 rings (SSSR count). The summed E-state index contributed by atoms with van der Waals surface area (Å²) in [5.41, 5.74) is 3.78. The molecule has 3 aromatic rings. The summed E-state index contributed by atoms with van der Waals surface area (Å²) < 4.78 is 21.0. The number of amides is 2. The van der Waals surface area contributed by atoms with Crippen LogP contribution in [-0.2, 0) is 22.6 Å². The molecule has 1 aliphatic heterocycles. The molecule has 0 unspecified atom stereocenters. The van der Waals surface area contributed by atoms with E-state index in [0.717, 1.165) is 21.3 Å². The van der Waals surface area contributed by atoms with E-state index >= 15 is 0 Å². The molecule has 1 saturated heterocycles. The summed E-state index contributed by atoms with van der Waals surface area (Å²) in [7, 11) is 0. The summed E-state index contributed by atoms with van der Waals surface area (Å²) in [6.45, 7) is 3.24. The van der Waals surface area contributed by atoms with Gasteiger partial charge in [0.25, 0.3) is 0 Å². The molecule has 2 heterocycles. The molecule has 176 valence electrons. The van der Waals surface area contributed by atoms with Crippen molar-refractivity contribution >= 4 is 33.6 Å². The highest BCUT2D eigenvalue weighted by Crippen LogP contribution is 2.29. The minimum Gasteiger partial charge on any atom is -0.442 e. The second kappa shape index (κ2) is 10.8. The lowest BCUT2D eigenvalue weighted by atomic mass is 10.0. The van der Waals surface area contributed by atoms with Gasteiger partial charge >= 0.3 is 6.09 Å². The van der Waals surface area contributed by atoms with Crippen LogP contribution in [0.5, 0.6) is 0 Å². The fourth-order valence-corrected chi connectivity index (χ4v) is 3.90. The van der Waals surface area contributed by atoms with E-state index in [-0.39, 0.29) is 19.0 Å². The normalized spacial score (nSPS) is 15.3. The van der Waals surface area contributed by atoms with Crippen LogP contribution in [0.15, 0.2) is 65.4 Å². The molecule has 0 spiro atoms. The van der Waals surface area contributed by atoms with Crippen molar-refractivity contribution in [2.24, 2.45) is 0 Å². The van der Waals surface area contributed by atoms with Crippen molar-refractivity contribution < 1.29 is 18.7 Å². The highest BCUT2D eigenvalue weighted by molar-refractivity contribution is 9.10. The number of halogens is 2. The number of nitrogens with zero attached hydrogens (tertiary/aromatic N) is 2. The fourth-order valence-electron chi connectivity index (χ4n) is 3.67. The topological polar surface area (TPSA) is 83.6 Å². The summed E-state index contributed by atoms with van der Waals surface area (Å²) in [5, 5.41) is 5.99. The SMILES string of the molecule is CC(=O)NC[C@H]1CN(c2ccc(-c3ccc(CNCc4ccc(Br)nc4)cc3)c(F)c2)C(=O)O1. The number of rotatable bonds is 8. The van der Waals surface area contributed by atoms with Gasteiger partial charge in [-0.25, -0.2) is 14.2 Å². The Morgan fingerprint density at radius 2 is 1.88 bits per heavy atom. The quantitative estimate of drug-likeness (QED) is 0.425. The van der Waals surface area contributed by atoms with Gasteiger partial charge in [0.05, 0.1) is 18.8 Å². The molecule has 9 heteroatoms.